The van der Waals surface area contributed by atoms with Gasteiger partial charge in [-0.2, -0.15) is 0 Å². The Morgan fingerprint density at radius 2 is 1.45 bits per heavy atom. The summed E-state index contributed by atoms with van der Waals surface area (Å²) >= 11 is 3.38. The van der Waals surface area contributed by atoms with Crippen molar-refractivity contribution in [2.75, 3.05) is 10.8 Å². The Kier molecular flexibility index (Phi) is 9.73. The third kappa shape index (κ3) is 7.68. The SMILES string of the molecule is CC[C@@H](C(=O)NC(C)(C)C)N(Cc1ccccc1)C(=O)CN(c1ccc(Br)cc1)S(=O)(=O)c1ccccc1. The van der Waals surface area contributed by atoms with Gasteiger partial charge in [-0.15, -0.1) is 0 Å². The molecular formula is C29H34BrN3O4S. The predicted molar refractivity (Wildman–Crippen MR) is 154 cm³/mol. The molecule has 1 N–H and O–H groups in total. The Labute approximate surface area is 234 Å². The van der Waals surface area contributed by atoms with Crippen LogP contribution in [0.1, 0.15) is 39.7 Å². The van der Waals surface area contributed by atoms with Gasteiger partial charge >= 0.3 is 0 Å². The molecule has 3 aromatic carbocycles. The molecule has 7 nitrogen and oxygen atoms in total. The second-order valence-electron chi connectivity index (χ2n) is 9.97. The first kappa shape index (κ1) is 29.4. The second kappa shape index (κ2) is 12.6. The van der Waals surface area contributed by atoms with Crippen LogP contribution in [0.3, 0.4) is 0 Å². The number of rotatable bonds is 10. The molecule has 0 aliphatic carbocycles. The second-order valence-corrected chi connectivity index (χ2v) is 12.7. The Morgan fingerprint density at radius 1 is 0.895 bits per heavy atom. The third-order valence-corrected chi connectivity index (χ3v) is 8.12. The molecule has 38 heavy (non-hydrogen) atoms. The fourth-order valence-electron chi connectivity index (χ4n) is 4.01. The van der Waals surface area contributed by atoms with Gasteiger partial charge in [-0.25, -0.2) is 8.42 Å². The molecule has 0 aliphatic heterocycles. The Hall–Kier alpha value is -3.17. The molecule has 0 saturated heterocycles. The molecule has 202 valence electrons. The maximum absolute atomic E-state index is 14.0. The zero-order valence-corrected chi connectivity index (χ0v) is 24.5. The van der Waals surface area contributed by atoms with Crippen LogP contribution in [0.2, 0.25) is 0 Å². The molecule has 3 rings (SSSR count). The van der Waals surface area contributed by atoms with Gasteiger partial charge in [0.2, 0.25) is 11.8 Å². The average molecular weight is 601 g/mol. The lowest BCUT2D eigenvalue weighted by Gasteiger charge is -2.34. The standard InChI is InChI=1S/C29H34BrN3O4S/c1-5-26(28(35)31-29(2,3)4)32(20-22-12-8-6-9-13-22)27(34)21-33(24-18-16-23(30)17-19-24)38(36,37)25-14-10-7-11-15-25/h6-19,26H,5,20-21H2,1-4H3,(H,31,35)/t26-/m0/s1. The minimum atomic E-state index is -4.08. The van der Waals surface area contributed by atoms with E-state index in [0.29, 0.717) is 12.1 Å². The number of benzene rings is 3. The number of hydrogen-bond donors (Lipinski definition) is 1. The highest BCUT2D eigenvalue weighted by Crippen LogP contribution is 2.26. The van der Waals surface area contributed by atoms with Gasteiger partial charge < -0.3 is 10.2 Å². The molecule has 0 spiro atoms. The number of amides is 2. The van der Waals surface area contributed by atoms with Crippen molar-refractivity contribution in [3.05, 3.63) is 95.0 Å². The van der Waals surface area contributed by atoms with Crippen molar-refractivity contribution in [1.82, 2.24) is 10.2 Å². The van der Waals surface area contributed by atoms with Gasteiger partial charge in [0.05, 0.1) is 10.6 Å². The summed E-state index contributed by atoms with van der Waals surface area (Å²) in [5.74, 6) is -0.766. The number of carbonyl (C=O) groups excluding carboxylic acids is 2. The van der Waals surface area contributed by atoms with Crippen LogP contribution in [0.5, 0.6) is 0 Å². The molecule has 0 radical (unpaired) electrons. The van der Waals surface area contributed by atoms with Crippen LogP contribution in [-0.4, -0.2) is 43.3 Å². The summed E-state index contributed by atoms with van der Waals surface area (Å²) in [5.41, 5.74) is 0.688. The highest BCUT2D eigenvalue weighted by molar-refractivity contribution is 9.10. The molecule has 9 heteroatoms. The minimum absolute atomic E-state index is 0.0721. The molecule has 0 saturated carbocycles. The van der Waals surface area contributed by atoms with Crippen molar-refractivity contribution < 1.29 is 18.0 Å². The molecule has 2 amide bonds. The quantitative estimate of drug-likeness (QED) is 0.339. The lowest BCUT2D eigenvalue weighted by molar-refractivity contribution is -0.141. The third-order valence-electron chi connectivity index (χ3n) is 5.80. The van der Waals surface area contributed by atoms with Crippen molar-refractivity contribution in [1.29, 1.82) is 0 Å². The summed E-state index contributed by atoms with van der Waals surface area (Å²) in [6.45, 7) is 7.17. The van der Waals surface area contributed by atoms with Crippen molar-refractivity contribution in [2.24, 2.45) is 0 Å². The number of sulfonamides is 1. The summed E-state index contributed by atoms with van der Waals surface area (Å²) in [7, 11) is -4.08. The van der Waals surface area contributed by atoms with Crippen LogP contribution >= 0.6 is 15.9 Å². The smallest absolute Gasteiger partial charge is 0.264 e. The molecule has 0 fully saturated rings. The molecule has 1 atom stereocenters. The van der Waals surface area contributed by atoms with Gasteiger partial charge in [0, 0.05) is 16.6 Å². The van der Waals surface area contributed by atoms with Crippen LogP contribution in [0, 0.1) is 0 Å². The normalized spacial score (nSPS) is 12.4. The Bertz CT molecular complexity index is 1330. The summed E-state index contributed by atoms with van der Waals surface area (Å²) < 4.78 is 29.4. The van der Waals surface area contributed by atoms with E-state index in [1.165, 1.54) is 17.0 Å². The van der Waals surface area contributed by atoms with Crippen molar-refractivity contribution in [3.63, 3.8) is 0 Å². The van der Waals surface area contributed by atoms with E-state index in [0.717, 1.165) is 14.3 Å². The highest BCUT2D eigenvalue weighted by Gasteiger charge is 2.34. The number of anilines is 1. The van der Waals surface area contributed by atoms with Crippen LogP contribution in [0.25, 0.3) is 0 Å². The molecule has 0 heterocycles. The van der Waals surface area contributed by atoms with Gasteiger partial charge in [-0.3, -0.25) is 13.9 Å². The summed E-state index contributed by atoms with van der Waals surface area (Å²) in [6, 6.07) is 23.3. The topological polar surface area (TPSA) is 86.8 Å². The van der Waals surface area contributed by atoms with E-state index < -0.39 is 34.1 Å². The van der Waals surface area contributed by atoms with Gasteiger partial charge in [-0.05, 0) is 69.2 Å². The highest BCUT2D eigenvalue weighted by atomic mass is 79.9. The van der Waals surface area contributed by atoms with E-state index in [4.69, 9.17) is 0 Å². The van der Waals surface area contributed by atoms with Crippen molar-refractivity contribution >= 4 is 43.5 Å². The zero-order valence-electron chi connectivity index (χ0n) is 22.1. The first-order valence-corrected chi connectivity index (χ1v) is 14.6. The largest absolute Gasteiger partial charge is 0.350 e. The van der Waals surface area contributed by atoms with E-state index in [9.17, 15) is 18.0 Å². The zero-order chi connectivity index (χ0) is 27.9. The maximum Gasteiger partial charge on any atom is 0.264 e. The van der Waals surface area contributed by atoms with Gasteiger partial charge in [-0.1, -0.05) is 71.4 Å². The number of nitrogens with zero attached hydrogens (tertiary/aromatic N) is 2. The molecule has 0 unspecified atom stereocenters. The fraction of sp³-hybridized carbons (Fsp3) is 0.310. The fourth-order valence-corrected chi connectivity index (χ4v) is 5.71. The number of nitrogens with one attached hydrogen (secondary N) is 1. The molecular weight excluding hydrogens is 566 g/mol. The van der Waals surface area contributed by atoms with Gasteiger partial charge in [0.25, 0.3) is 10.0 Å². The summed E-state index contributed by atoms with van der Waals surface area (Å²) in [5, 5.41) is 2.97. The molecule has 0 aliphatic rings. The maximum atomic E-state index is 14.0. The van der Waals surface area contributed by atoms with E-state index >= 15 is 0 Å². The van der Waals surface area contributed by atoms with Crippen molar-refractivity contribution in [2.45, 2.75) is 57.1 Å². The van der Waals surface area contributed by atoms with E-state index in [2.05, 4.69) is 21.2 Å². The molecule has 3 aromatic rings. The monoisotopic (exact) mass is 599 g/mol. The van der Waals surface area contributed by atoms with Crippen LogP contribution in [-0.2, 0) is 26.2 Å². The first-order chi connectivity index (χ1) is 17.9. The van der Waals surface area contributed by atoms with Gasteiger partial charge in [0.15, 0.2) is 0 Å². The first-order valence-electron chi connectivity index (χ1n) is 12.4. The summed E-state index contributed by atoms with van der Waals surface area (Å²) in [4.78, 5) is 28.8. The summed E-state index contributed by atoms with van der Waals surface area (Å²) in [6.07, 6.45) is 0.365. The predicted octanol–water partition coefficient (Wildman–Crippen LogP) is 5.37. The van der Waals surface area contributed by atoms with Gasteiger partial charge in [0.1, 0.15) is 12.6 Å². The lowest BCUT2D eigenvalue weighted by atomic mass is 10.1. The van der Waals surface area contributed by atoms with Crippen molar-refractivity contribution in [3.8, 4) is 0 Å². The van der Waals surface area contributed by atoms with Crippen LogP contribution < -0.4 is 9.62 Å². The average Bonchev–Trinajstić information content (AvgIpc) is 2.87. The van der Waals surface area contributed by atoms with E-state index in [1.54, 1.807) is 42.5 Å². The Morgan fingerprint density at radius 3 is 1.97 bits per heavy atom. The Balaban J connectivity index is 2.04. The number of hydrogen-bond acceptors (Lipinski definition) is 4. The minimum Gasteiger partial charge on any atom is -0.350 e. The number of carbonyl (C=O) groups is 2. The van der Waals surface area contributed by atoms with E-state index in [1.807, 2.05) is 58.0 Å². The van der Waals surface area contributed by atoms with Crippen LogP contribution in [0.15, 0.2) is 94.3 Å². The van der Waals surface area contributed by atoms with E-state index in [-0.39, 0.29) is 17.3 Å². The lowest BCUT2D eigenvalue weighted by Crippen LogP contribution is -2.55. The number of halogens is 1. The molecule has 0 bridgehead atoms. The molecule has 0 aromatic heterocycles. The van der Waals surface area contributed by atoms with Crippen LogP contribution in [0.4, 0.5) is 5.69 Å².